The standard InChI is InChI=1S/C11H11N3O2/c15-9-11(14-10(16)13-9)4-1-2-7-6-12-5-3-8(7)11/h1-3,5,12H,4,6H2,(H2,13,14,15,16). The summed E-state index contributed by atoms with van der Waals surface area (Å²) in [5.41, 5.74) is 1.04. The van der Waals surface area contributed by atoms with Gasteiger partial charge in [-0.3, -0.25) is 10.1 Å². The number of rotatable bonds is 0. The van der Waals surface area contributed by atoms with Crippen molar-refractivity contribution in [3.63, 3.8) is 0 Å². The zero-order valence-corrected chi connectivity index (χ0v) is 8.54. The summed E-state index contributed by atoms with van der Waals surface area (Å²) in [6, 6.07) is -0.418. The number of carbonyl (C=O) groups excluding carboxylic acids is 2. The molecule has 1 aliphatic carbocycles. The Morgan fingerprint density at radius 3 is 2.88 bits per heavy atom. The zero-order valence-electron chi connectivity index (χ0n) is 8.54. The molecule has 3 N–H and O–H groups in total. The molecule has 0 radical (unpaired) electrons. The van der Waals surface area contributed by atoms with Crippen molar-refractivity contribution in [2.24, 2.45) is 0 Å². The van der Waals surface area contributed by atoms with Crippen LogP contribution in [0.15, 0.2) is 35.6 Å². The average Bonchev–Trinajstić information content (AvgIpc) is 2.55. The third-order valence-electron chi connectivity index (χ3n) is 3.15. The zero-order chi connectivity index (χ0) is 11.2. The fourth-order valence-corrected chi connectivity index (χ4v) is 2.39. The van der Waals surface area contributed by atoms with Gasteiger partial charge < -0.3 is 10.6 Å². The van der Waals surface area contributed by atoms with Crippen LogP contribution in [0.1, 0.15) is 6.42 Å². The molecule has 0 bridgehead atoms. The fraction of sp³-hybridized carbons (Fsp3) is 0.273. The first kappa shape index (κ1) is 9.21. The molecule has 3 amide bonds. The van der Waals surface area contributed by atoms with E-state index in [0.29, 0.717) is 13.0 Å². The van der Waals surface area contributed by atoms with E-state index in [2.05, 4.69) is 16.0 Å². The molecule has 5 heteroatoms. The van der Waals surface area contributed by atoms with E-state index in [0.717, 1.165) is 11.1 Å². The van der Waals surface area contributed by atoms with E-state index in [9.17, 15) is 9.59 Å². The lowest BCUT2D eigenvalue weighted by molar-refractivity contribution is -0.122. The van der Waals surface area contributed by atoms with Crippen LogP contribution in [0, 0.1) is 0 Å². The van der Waals surface area contributed by atoms with Gasteiger partial charge in [-0.1, -0.05) is 12.2 Å². The summed E-state index contributed by atoms with van der Waals surface area (Å²) in [5, 5.41) is 8.11. The second kappa shape index (κ2) is 2.98. The Labute approximate surface area is 92.3 Å². The molecule has 2 heterocycles. The minimum Gasteiger partial charge on any atom is -0.387 e. The predicted octanol–water partition coefficient (Wildman–Crippen LogP) is -0.0620. The van der Waals surface area contributed by atoms with Gasteiger partial charge in [0, 0.05) is 13.0 Å². The highest BCUT2D eigenvalue weighted by Gasteiger charge is 2.49. The van der Waals surface area contributed by atoms with Crippen LogP contribution in [0.4, 0.5) is 4.79 Å². The van der Waals surface area contributed by atoms with Crippen LogP contribution in [0.5, 0.6) is 0 Å². The van der Waals surface area contributed by atoms with Gasteiger partial charge in [-0.25, -0.2) is 4.79 Å². The number of fused-ring (bicyclic) bond motifs is 1. The Balaban J connectivity index is 2.12. The number of amides is 3. The molecule has 0 saturated carbocycles. The lowest BCUT2D eigenvalue weighted by Crippen LogP contribution is -2.50. The van der Waals surface area contributed by atoms with E-state index in [1.807, 2.05) is 18.2 Å². The minimum atomic E-state index is -0.889. The van der Waals surface area contributed by atoms with E-state index in [1.54, 1.807) is 6.20 Å². The van der Waals surface area contributed by atoms with Gasteiger partial charge in [-0.05, 0) is 23.4 Å². The molecule has 5 nitrogen and oxygen atoms in total. The van der Waals surface area contributed by atoms with Gasteiger partial charge in [0.1, 0.15) is 5.54 Å². The third kappa shape index (κ3) is 1.05. The summed E-state index contributed by atoms with van der Waals surface area (Å²) in [6.45, 7) is 0.688. The lowest BCUT2D eigenvalue weighted by atomic mass is 9.79. The van der Waals surface area contributed by atoms with Crippen molar-refractivity contribution in [2.75, 3.05) is 6.54 Å². The van der Waals surface area contributed by atoms with Crippen LogP contribution in [0.2, 0.25) is 0 Å². The molecule has 0 aromatic heterocycles. The number of hydrogen-bond acceptors (Lipinski definition) is 3. The SMILES string of the molecule is O=C1NC(=O)C2(CC=CC3=C2C=CNC3)N1. The van der Waals surface area contributed by atoms with Crippen LogP contribution in [-0.2, 0) is 4.79 Å². The minimum absolute atomic E-state index is 0.263. The topological polar surface area (TPSA) is 70.2 Å². The number of imide groups is 1. The molecule has 0 aromatic rings. The first-order valence-corrected chi connectivity index (χ1v) is 5.16. The van der Waals surface area contributed by atoms with E-state index in [4.69, 9.17) is 0 Å². The summed E-state index contributed by atoms with van der Waals surface area (Å²) in [7, 11) is 0. The van der Waals surface area contributed by atoms with Gasteiger partial charge in [0.2, 0.25) is 0 Å². The van der Waals surface area contributed by atoms with Gasteiger partial charge in [-0.15, -0.1) is 0 Å². The van der Waals surface area contributed by atoms with Crippen molar-refractivity contribution in [1.29, 1.82) is 0 Å². The maximum atomic E-state index is 11.9. The van der Waals surface area contributed by atoms with Gasteiger partial charge >= 0.3 is 6.03 Å². The summed E-state index contributed by atoms with van der Waals surface area (Å²) in [5.74, 6) is -0.263. The van der Waals surface area contributed by atoms with Crippen molar-refractivity contribution in [3.05, 3.63) is 35.6 Å². The Morgan fingerprint density at radius 2 is 2.12 bits per heavy atom. The number of nitrogens with one attached hydrogen (secondary N) is 3. The highest BCUT2D eigenvalue weighted by Crippen LogP contribution is 2.33. The molecule has 2 aliphatic heterocycles. The first-order chi connectivity index (χ1) is 7.72. The van der Waals surface area contributed by atoms with Gasteiger partial charge in [-0.2, -0.15) is 0 Å². The molecule has 3 aliphatic rings. The van der Waals surface area contributed by atoms with E-state index in [1.165, 1.54) is 0 Å². The smallest absolute Gasteiger partial charge is 0.322 e. The highest BCUT2D eigenvalue weighted by molar-refractivity contribution is 6.10. The summed E-state index contributed by atoms with van der Waals surface area (Å²) >= 11 is 0. The molecule has 16 heavy (non-hydrogen) atoms. The average molecular weight is 217 g/mol. The third-order valence-corrected chi connectivity index (χ3v) is 3.15. The Morgan fingerprint density at radius 1 is 1.25 bits per heavy atom. The summed E-state index contributed by atoms with van der Waals surface area (Å²) < 4.78 is 0. The van der Waals surface area contributed by atoms with Crippen LogP contribution in [0.3, 0.4) is 0 Å². The number of carbonyl (C=O) groups is 2. The van der Waals surface area contributed by atoms with Crippen molar-refractivity contribution in [3.8, 4) is 0 Å². The molecule has 1 fully saturated rings. The van der Waals surface area contributed by atoms with Crippen molar-refractivity contribution < 1.29 is 9.59 Å². The van der Waals surface area contributed by atoms with E-state index < -0.39 is 11.6 Å². The van der Waals surface area contributed by atoms with Gasteiger partial charge in [0.25, 0.3) is 5.91 Å². The lowest BCUT2D eigenvalue weighted by Gasteiger charge is -2.32. The largest absolute Gasteiger partial charge is 0.387 e. The second-order valence-electron chi connectivity index (χ2n) is 4.07. The second-order valence-corrected chi connectivity index (χ2v) is 4.07. The molecule has 1 saturated heterocycles. The van der Waals surface area contributed by atoms with Crippen LogP contribution < -0.4 is 16.0 Å². The molecule has 82 valence electrons. The summed E-state index contributed by atoms with van der Waals surface area (Å²) in [6.07, 6.45) is 8.08. The van der Waals surface area contributed by atoms with Crippen LogP contribution in [0.25, 0.3) is 0 Å². The Bertz CT molecular complexity index is 476. The highest BCUT2D eigenvalue weighted by atomic mass is 16.2. The van der Waals surface area contributed by atoms with Crippen molar-refractivity contribution in [2.45, 2.75) is 12.0 Å². The first-order valence-electron chi connectivity index (χ1n) is 5.16. The maximum absolute atomic E-state index is 11.9. The van der Waals surface area contributed by atoms with Crippen molar-refractivity contribution in [1.82, 2.24) is 16.0 Å². The molecule has 3 rings (SSSR count). The molecule has 1 unspecified atom stereocenters. The predicted molar refractivity (Wildman–Crippen MR) is 57.3 cm³/mol. The molecule has 0 aromatic carbocycles. The number of dihydropyridines is 1. The van der Waals surface area contributed by atoms with E-state index in [-0.39, 0.29) is 5.91 Å². The quantitative estimate of drug-likeness (QED) is 0.498. The molecule has 1 atom stereocenters. The fourth-order valence-electron chi connectivity index (χ4n) is 2.39. The van der Waals surface area contributed by atoms with Crippen molar-refractivity contribution >= 4 is 11.9 Å². The normalized spacial score (nSPS) is 31.2. The van der Waals surface area contributed by atoms with Gasteiger partial charge in [0.15, 0.2) is 0 Å². The van der Waals surface area contributed by atoms with Crippen LogP contribution >= 0.6 is 0 Å². The van der Waals surface area contributed by atoms with Gasteiger partial charge in [0.05, 0.1) is 0 Å². The Kier molecular flexibility index (Phi) is 1.71. The maximum Gasteiger partial charge on any atom is 0.322 e. The van der Waals surface area contributed by atoms with E-state index >= 15 is 0 Å². The monoisotopic (exact) mass is 217 g/mol. The summed E-state index contributed by atoms with van der Waals surface area (Å²) in [4.78, 5) is 23.2. The van der Waals surface area contributed by atoms with Crippen LogP contribution in [-0.4, -0.2) is 24.0 Å². The number of hydrogen-bond donors (Lipinski definition) is 3. The molecular weight excluding hydrogens is 206 g/mol. The number of urea groups is 1. The molecular formula is C11H11N3O2. The Hall–Kier alpha value is -2.04. The molecule has 1 spiro atoms.